The van der Waals surface area contributed by atoms with Crippen LogP contribution in [0.5, 0.6) is 11.8 Å². The highest BCUT2D eigenvalue weighted by Crippen LogP contribution is 2.20. The summed E-state index contributed by atoms with van der Waals surface area (Å²) in [6.45, 7) is 3.25. The molecular weight excluding hydrogens is 264 g/mol. The van der Waals surface area contributed by atoms with Crippen molar-refractivity contribution >= 4 is 5.97 Å². The molecule has 2 aromatic heterocycles. The maximum Gasteiger partial charge on any atom is 0.339 e. The summed E-state index contributed by atoms with van der Waals surface area (Å²) in [5.41, 5.74) is 0.959. The molecule has 20 heavy (non-hydrogen) atoms. The lowest BCUT2D eigenvalue weighted by Gasteiger charge is -2.07. The summed E-state index contributed by atoms with van der Waals surface area (Å²) >= 11 is 0. The van der Waals surface area contributed by atoms with Gasteiger partial charge < -0.3 is 14.6 Å². The van der Waals surface area contributed by atoms with Crippen molar-refractivity contribution in [2.24, 2.45) is 0 Å². The van der Waals surface area contributed by atoms with Gasteiger partial charge in [0.1, 0.15) is 5.56 Å². The van der Waals surface area contributed by atoms with Crippen molar-refractivity contribution in [3.8, 4) is 17.7 Å². The van der Waals surface area contributed by atoms with E-state index < -0.39 is 5.97 Å². The number of aromatic nitrogens is 4. The van der Waals surface area contributed by atoms with E-state index >= 15 is 0 Å². The number of carboxylic acids is 1. The summed E-state index contributed by atoms with van der Waals surface area (Å²) in [5, 5.41) is 13.3. The topological polar surface area (TPSA) is 99.4 Å². The zero-order chi connectivity index (χ0) is 14.9. The van der Waals surface area contributed by atoms with Crippen molar-refractivity contribution in [2.75, 3.05) is 14.2 Å². The SMILES string of the molecule is COc1cc(OC)nc(-n2nc(C)c(C(=O)O)c2C)n1. The molecule has 0 fully saturated rings. The Hall–Kier alpha value is -2.64. The van der Waals surface area contributed by atoms with Crippen LogP contribution >= 0.6 is 0 Å². The van der Waals surface area contributed by atoms with Crippen LogP contribution in [0.4, 0.5) is 0 Å². The molecule has 0 saturated carbocycles. The van der Waals surface area contributed by atoms with Crippen molar-refractivity contribution in [1.82, 2.24) is 19.7 Å². The van der Waals surface area contributed by atoms with Gasteiger partial charge in [-0.2, -0.15) is 15.1 Å². The first-order valence-corrected chi connectivity index (χ1v) is 5.75. The van der Waals surface area contributed by atoms with Crippen LogP contribution in [-0.2, 0) is 0 Å². The number of carbonyl (C=O) groups is 1. The Balaban J connectivity index is 2.62. The van der Waals surface area contributed by atoms with E-state index in [-0.39, 0.29) is 11.5 Å². The Bertz CT molecular complexity index is 643. The number of aryl methyl sites for hydroxylation is 1. The number of hydrogen-bond acceptors (Lipinski definition) is 6. The predicted octanol–water partition coefficient (Wildman–Crippen LogP) is 0.995. The molecule has 2 rings (SSSR count). The van der Waals surface area contributed by atoms with E-state index in [1.807, 2.05) is 0 Å². The minimum absolute atomic E-state index is 0.135. The summed E-state index contributed by atoms with van der Waals surface area (Å²) in [6, 6.07) is 1.52. The molecule has 8 heteroatoms. The van der Waals surface area contributed by atoms with E-state index in [2.05, 4.69) is 15.1 Å². The van der Waals surface area contributed by atoms with Gasteiger partial charge in [0.2, 0.25) is 11.8 Å². The van der Waals surface area contributed by atoms with Crippen LogP contribution in [0.15, 0.2) is 6.07 Å². The number of hydrogen-bond donors (Lipinski definition) is 1. The van der Waals surface area contributed by atoms with Crippen molar-refractivity contribution < 1.29 is 19.4 Å². The molecule has 0 aliphatic heterocycles. The van der Waals surface area contributed by atoms with Crippen molar-refractivity contribution in [2.45, 2.75) is 13.8 Å². The second kappa shape index (κ2) is 5.16. The van der Waals surface area contributed by atoms with Crippen LogP contribution in [-0.4, -0.2) is 45.0 Å². The highest BCUT2D eigenvalue weighted by Gasteiger charge is 2.20. The Kier molecular flexibility index (Phi) is 3.55. The minimum Gasteiger partial charge on any atom is -0.481 e. The predicted molar refractivity (Wildman–Crippen MR) is 68.7 cm³/mol. The van der Waals surface area contributed by atoms with Crippen LogP contribution in [0, 0.1) is 13.8 Å². The zero-order valence-corrected chi connectivity index (χ0v) is 11.5. The molecule has 106 valence electrons. The third-order valence-electron chi connectivity index (χ3n) is 2.78. The normalized spacial score (nSPS) is 10.4. The number of aromatic carboxylic acids is 1. The van der Waals surface area contributed by atoms with Gasteiger partial charge in [0.25, 0.3) is 5.95 Å². The number of nitrogens with zero attached hydrogens (tertiary/aromatic N) is 4. The van der Waals surface area contributed by atoms with Gasteiger partial charge in [0.15, 0.2) is 0 Å². The average Bonchev–Trinajstić information content (AvgIpc) is 2.73. The van der Waals surface area contributed by atoms with Crippen molar-refractivity contribution in [3.05, 3.63) is 23.0 Å². The Labute approximate surface area is 115 Å². The fraction of sp³-hybridized carbons (Fsp3) is 0.333. The fourth-order valence-corrected chi connectivity index (χ4v) is 1.84. The largest absolute Gasteiger partial charge is 0.481 e. The molecule has 0 spiro atoms. The Morgan fingerprint density at radius 2 is 1.75 bits per heavy atom. The lowest BCUT2D eigenvalue weighted by molar-refractivity contribution is 0.0695. The lowest BCUT2D eigenvalue weighted by atomic mass is 10.2. The van der Waals surface area contributed by atoms with Gasteiger partial charge in [-0.3, -0.25) is 0 Å². The number of ether oxygens (including phenoxy) is 2. The van der Waals surface area contributed by atoms with E-state index in [9.17, 15) is 4.79 Å². The monoisotopic (exact) mass is 278 g/mol. The van der Waals surface area contributed by atoms with Gasteiger partial charge in [-0.15, -0.1) is 0 Å². The standard InChI is InChI=1S/C12H14N4O4/c1-6-10(11(17)18)7(2)16(15-6)12-13-8(19-3)5-9(14-12)20-4/h5H,1-4H3,(H,17,18). The van der Waals surface area contributed by atoms with Crippen molar-refractivity contribution in [1.29, 1.82) is 0 Å². The molecule has 8 nitrogen and oxygen atoms in total. The fourth-order valence-electron chi connectivity index (χ4n) is 1.84. The maximum atomic E-state index is 11.2. The first-order valence-electron chi connectivity index (χ1n) is 5.75. The maximum absolute atomic E-state index is 11.2. The summed E-state index contributed by atoms with van der Waals surface area (Å²) < 4.78 is 11.5. The van der Waals surface area contributed by atoms with Gasteiger partial charge in [-0.1, -0.05) is 0 Å². The number of rotatable bonds is 4. The Morgan fingerprint density at radius 1 is 1.20 bits per heavy atom. The van der Waals surface area contributed by atoms with Gasteiger partial charge in [0.05, 0.1) is 31.7 Å². The van der Waals surface area contributed by atoms with Gasteiger partial charge >= 0.3 is 5.97 Å². The van der Waals surface area contributed by atoms with Crippen LogP contribution in [0.1, 0.15) is 21.7 Å². The average molecular weight is 278 g/mol. The van der Waals surface area contributed by atoms with Gasteiger partial charge in [-0.25, -0.2) is 9.48 Å². The molecular formula is C12H14N4O4. The summed E-state index contributed by atoms with van der Waals surface area (Å²) in [5.74, 6) is -0.247. The first kappa shape index (κ1) is 13.8. The van der Waals surface area contributed by atoms with E-state index in [0.29, 0.717) is 23.1 Å². The quantitative estimate of drug-likeness (QED) is 0.890. The second-order valence-corrected chi connectivity index (χ2v) is 4.02. The van der Waals surface area contributed by atoms with E-state index in [4.69, 9.17) is 14.6 Å². The highest BCUT2D eigenvalue weighted by molar-refractivity contribution is 5.90. The molecule has 0 radical (unpaired) electrons. The first-order chi connectivity index (χ1) is 9.47. The van der Waals surface area contributed by atoms with Crippen LogP contribution in [0.2, 0.25) is 0 Å². The summed E-state index contributed by atoms with van der Waals surface area (Å²) in [7, 11) is 2.94. The molecule has 2 aromatic rings. The molecule has 0 amide bonds. The van der Waals surface area contributed by atoms with Crippen LogP contribution in [0.3, 0.4) is 0 Å². The molecule has 0 aliphatic rings. The number of carboxylic acid groups (broad SMARTS) is 1. The van der Waals surface area contributed by atoms with Gasteiger partial charge in [-0.05, 0) is 13.8 Å². The van der Waals surface area contributed by atoms with Crippen LogP contribution in [0.25, 0.3) is 5.95 Å². The van der Waals surface area contributed by atoms with Crippen LogP contribution < -0.4 is 9.47 Å². The summed E-state index contributed by atoms with van der Waals surface area (Å²) in [4.78, 5) is 19.5. The molecule has 0 aromatic carbocycles. The third kappa shape index (κ3) is 2.27. The number of methoxy groups -OCH3 is 2. The van der Waals surface area contributed by atoms with E-state index in [1.165, 1.54) is 25.0 Å². The smallest absolute Gasteiger partial charge is 0.339 e. The molecule has 2 heterocycles. The molecule has 0 atom stereocenters. The van der Waals surface area contributed by atoms with E-state index in [0.717, 1.165) is 0 Å². The summed E-state index contributed by atoms with van der Waals surface area (Å²) in [6.07, 6.45) is 0. The molecule has 0 saturated heterocycles. The lowest BCUT2D eigenvalue weighted by Crippen LogP contribution is -2.08. The highest BCUT2D eigenvalue weighted by atomic mass is 16.5. The van der Waals surface area contributed by atoms with E-state index in [1.54, 1.807) is 13.8 Å². The second-order valence-electron chi connectivity index (χ2n) is 4.02. The van der Waals surface area contributed by atoms with Crippen molar-refractivity contribution in [3.63, 3.8) is 0 Å². The zero-order valence-electron chi connectivity index (χ0n) is 11.5. The third-order valence-corrected chi connectivity index (χ3v) is 2.78. The van der Waals surface area contributed by atoms with Gasteiger partial charge in [0, 0.05) is 0 Å². The molecule has 0 unspecified atom stereocenters. The Morgan fingerprint density at radius 3 is 2.15 bits per heavy atom. The molecule has 1 N–H and O–H groups in total. The minimum atomic E-state index is -1.04. The molecule has 0 bridgehead atoms. The molecule has 0 aliphatic carbocycles.